The number of hydrogen-bond donors (Lipinski definition) is 1. The van der Waals surface area contributed by atoms with Gasteiger partial charge in [-0.2, -0.15) is 5.26 Å². The third kappa shape index (κ3) is 4.93. The van der Waals surface area contributed by atoms with Gasteiger partial charge in [0.05, 0.1) is 5.56 Å². The average Bonchev–Trinajstić information content (AvgIpc) is 2.54. The highest BCUT2D eigenvalue weighted by Crippen LogP contribution is 2.26. The van der Waals surface area contributed by atoms with E-state index in [2.05, 4.69) is 42.6 Å². The van der Waals surface area contributed by atoms with Crippen molar-refractivity contribution in [2.45, 2.75) is 30.5 Å². The van der Waals surface area contributed by atoms with E-state index in [0.717, 1.165) is 35.7 Å². The molecule has 1 N–H and O–H groups in total. The number of nitriles is 1. The highest BCUT2D eigenvalue weighted by Gasteiger charge is 2.05. The van der Waals surface area contributed by atoms with Gasteiger partial charge < -0.3 is 5.32 Å². The lowest BCUT2D eigenvalue weighted by Crippen LogP contribution is -2.13. The van der Waals surface area contributed by atoms with E-state index in [1.165, 1.54) is 11.1 Å². The molecule has 0 amide bonds. The van der Waals surface area contributed by atoms with E-state index >= 15 is 0 Å². The maximum absolute atomic E-state index is 9.33. The highest BCUT2D eigenvalue weighted by molar-refractivity contribution is 7.98. The van der Waals surface area contributed by atoms with Crippen LogP contribution >= 0.6 is 11.8 Å². The Morgan fingerprint density at radius 2 is 1.90 bits per heavy atom. The molecule has 0 fully saturated rings. The van der Waals surface area contributed by atoms with Gasteiger partial charge in [0, 0.05) is 17.2 Å². The summed E-state index contributed by atoms with van der Waals surface area (Å²) in [6.07, 6.45) is 1.12. The molecule has 108 valence electrons. The Hall–Kier alpha value is -1.76. The van der Waals surface area contributed by atoms with E-state index in [1.807, 2.05) is 24.3 Å². The second-order valence-electron chi connectivity index (χ2n) is 4.89. The Morgan fingerprint density at radius 1 is 1.10 bits per heavy atom. The summed E-state index contributed by atoms with van der Waals surface area (Å²) in [6.45, 7) is 3.98. The zero-order chi connectivity index (χ0) is 14.9. The molecule has 0 spiro atoms. The fourth-order valence-electron chi connectivity index (χ4n) is 2.05. The summed E-state index contributed by atoms with van der Waals surface area (Å²) in [5.74, 6) is 0.892. The first-order valence-electron chi connectivity index (χ1n) is 7.24. The Morgan fingerprint density at radius 3 is 2.62 bits per heavy atom. The minimum absolute atomic E-state index is 0.770. The molecule has 0 aliphatic carbocycles. The molecule has 0 saturated carbocycles. The van der Waals surface area contributed by atoms with Crippen molar-refractivity contribution in [1.82, 2.24) is 5.32 Å². The molecule has 0 atom stereocenters. The molecule has 0 bridgehead atoms. The predicted molar refractivity (Wildman–Crippen MR) is 89.2 cm³/mol. The first kappa shape index (κ1) is 15.6. The van der Waals surface area contributed by atoms with Crippen molar-refractivity contribution >= 4 is 11.8 Å². The van der Waals surface area contributed by atoms with Gasteiger partial charge in [-0.05, 0) is 36.2 Å². The van der Waals surface area contributed by atoms with E-state index in [0.29, 0.717) is 0 Å². The van der Waals surface area contributed by atoms with E-state index < -0.39 is 0 Å². The number of hydrogen-bond acceptors (Lipinski definition) is 3. The summed E-state index contributed by atoms with van der Waals surface area (Å²) in [5, 5.41) is 12.7. The SMILES string of the molecule is CCCNCc1ccc(SCc2ccccc2)c(C#N)c1. The Kier molecular flexibility index (Phi) is 6.33. The molecule has 0 radical (unpaired) electrons. The van der Waals surface area contributed by atoms with Crippen LogP contribution in [-0.2, 0) is 12.3 Å². The fourth-order valence-corrected chi connectivity index (χ4v) is 2.98. The van der Waals surface area contributed by atoms with Crippen molar-refractivity contribution in [1.29, 1.82) is 5.26 Å². The van der Waals surface area contributed by atoms with Gasteiger partial charge in [0.25, 0.3) is 0 Å². The van der Waals surface area contributed by atoms with E-state index in [-0.39, 0.29) is 0 Å². The fraction of sp³-hybridized carbons (Fsp3) is 0.278. The van der Waals surface area contributed by atoms with E-state index in [1.54, 1.807) is 11.8 Å². The van der Waals surface area contributed by atoms with Crippen molar-refractivity contribution < 1.29 is 0 Å². The molecule has 21 heavy (non-hydrogen) atoms. The number of rotatable bonds is 7. The molecule has 0 aromatic heterocycles. The summed E-state index contributed by atoms with van der Waals surface area (Å²) < 4.78 is 0. The van der Waals surface area contributed by atoms with Gasteiger partial charge in [0.2, 0.25) is 0 Å². The highest BCUT2D eigenvalue weighted by atomic mass is 32.2. The van der Waals surface area contributed by atoms with Crippen LogP contribution in [0.1, 0.15) is 30.0 Å². The quantitative estimate of drug-likeness (QED) is 0.609. The minimum atomic E-state index is 0.770. The summed E-state index contributed by atoms with van der Waals surface area (Å²) >= 11 is 1.72. The van der Waals surface area contributed by atoms with Crippen LogP contribution in [0.15, 0.2) is 53.4 Å². The van der Waals surface area contributed by atoms with Crippen molar-refractivity contribution in [2.24, 2.45) is 0 Å². The van der Waals surface area contributed by atoms with Crippen LogP contribution in [-0.4, -0.2) is 6.54 Å². The van der Waals surface area contributed by atoms with Crippen LogP contribution in [0.25, 0.3) is 0 Å². The molecule has 2 nitrogen and oxygen atoms in total. The third-order valence-electron chi connectivity index (χ3n) is 3.16. The van der Waals surface area contributed by atoms with Gasteiger partial charge >= 0.3 is 0 Å². The lowest BCUT2D eigenvalue weighted by Gasteiger charge is -2.08. The normalized spacial score (nSPS) is 10.3. The first-order valence-corrected chi connectivity index (χ1v) is 8.22. The molecule has 2 rings (SSSR count). The monoisotopic (exact) mass is 296 g/mol. The average molecular weight is 296 g/mol. The van der Waals surface area contributed by atoms with Gasteiger partial charge in [-0.1, -0.05) is 43.3 Å². The molecular weight excluding hydrogens is 276 g/mol. The van der Waals surface area contributed by atoms with Gasteiger partial charge in [-0.3, -0.25) is 0 Å². The zero-order valence-electron chi connectivity index (χ0n) is 12.3. The van der Waals surface area contributed by atoms with Crippen molar-refractivity contribution in [2.75, 3.05) is 6.54 Å². The molecule has 0 aliphatic rings. The predicted octanol–water partition coefficient (Wildman–Crippen LogP) is 4.35. The maximum Gasteiger partial charge on any atom is 0.100 e. The Labute approximate surface area is 131 Å². The molecule has 2 aromatic carbocycles. The van der Waals surface area contributed by atoms with Gasteiger partial charge in [-0.25, -0.2) is 0 Å². The molecule has 0 heterocycles. The van der Waals surface area contributed by atoms with Crippen LogP contribution < -0.4 is 5.32 Å². The van der Waals surface area contributed by atoms with Crippen LogP contribution in [0.4, 0.5) is 0 Å². The number of nitrogens with zero attached hydrogens (tertiary/aromatic N) is 1. The van der Waals surface area contributed by atoms with Crippen molar-refractivity contribution in [3.63, 3.8) is 0 Å². The lowest BCUT2D eigenvalue weighted by atomic mass is 10.1. The molecule has 0 unspecified atom stereocenters. The Bertz CT molecular complexity index is 602. The van der Waals surface area contributed by atoms with Gasteiger partial charge in [0.1, 0.15) is 6.07 Å². The van der Waals surface area contributed by atoms with E-state index in [4.69, 9.17) is 0 Å². The Balaban J connectivity index is 2.01. The van der Waals surface area contributed by atoms with E-state index in [9.17, 15) is 5.26 Å². The second-order valence-corrected chi connectivity index (χ2v) is 5.91. The number of nitrogens with one attached hydrogen (secondary N) is 1. The topological polar surface area (TPSA) is 35.8 Å². The molecule has 3 heteroatoms. The summed E-state index contributed by atoms with van der Waals surface area (Å²) in [6, 6.07) is 18.8. The molecular formula is C18H20N2S. The maximum atomic E-state index is 9.33. The smallest absolute Gasteiger partial charge is 0.100 e. The van der Waals surface area contributed by atoms with Gasteiger partial charge in [-0.15, -0.1) is 11.8 Å². The van der Waals surface area contributed by atoms with Crippen LogP contribution in [0.5, 0.6) is 0 Å². The van der Waals surface area contributed by atoms with Gasteiger partial charge in [0.15, 0.2) is 0 Å². The van der Waals surface area contributed by atoms with Crippen LogP contribution in [0.2, 0.25) is 0 Å². The molecule has 0 aliphatic heterocycles. The minimum Gasteiger partial charge on any atom is -0.313 e. The third-order valence-corrected chi connectivity index (χ3v) is 4.30. The molecule has 2 aromatic rings. The number of benzene rings is 2. The number of thioether (sulfide) groups is 1. The van der Waals surface area contributed by atoms with Crippen molar-refractivity contribution in [3.05, 3.63) is 65.2 Å². The van der Waals surface area contributed by atoms with Crippen LogP contribution in [0.3, 0.4) is 0 Å². The summed E-state index contributed by atoms with van der Waals surface area (Å²) in [7, 11) is 0. The second kappa shape index (κ2) is 8.51. The summed E-state index contributed by atoms with van der Waals surface area (Å²) in [5.41, 5.74) is 3.22. The first-order chi connectivity index (χ1) is 10.3. The van der Waals surface area contributed by atoms with Crippen molar-refractivity contribution in [3.8, 4) is 6.07 Å². The molecule has 0 saturated heterocycles. The largest absolute Gasteiger partial charge is 0.313 e. The van der Waals surface area contributed by atoms with Crippen LogP contribution in [0, 0.1) is 11.3 Å². The summed E-state index contributed by atoms with van der Waals surface area (Å²) in [4.78, 5) is 1.06. The zero-order valence-corrected chi connectivity index (χ0v) is 13.1. The lowest BCUT2D eigenvalue weighted by molar-refractivity contribution is 0.675. The standard InChI is InChI=1S/C18H20N2S/c1-2-10-20-13-16-8-9-18(17(11-16)12-19)21-14-15-6-4-3-5-7-15/h3-9,11,20H,2,10,13-14H2,1H3.